The molecule has 0 aromatic heterocycles. The van der Waals surface area contributed by atoms with Crippen molar-refractivity contribution in [2.24, 2.45) is 0 Å². The van der Waals surface area contributed by atoms with E-state index in [4.69, 9.17) is 0 Å². The summed E-state index contributed by atoms with van der Waals surface area (Å²) in [5.74, 6) is -0.217. The minimum atomic E-state index is -3.67. The van der Waals surface area contributed by atoms with E-state index in [1.807, 2.05) is 20.8 Å². The van der Waals surface area contributed by atoms with Crippen molar-refractivity contribution in [2.45, 2.75) is 38.6 Å². The second-order valence-electron chi connectivity index (χ2n) is 4.67. The van der Waals surface area contributed by atoms with Crippen molar-refractivity contribution in [3.8, 4) is 0 Å². The number of aryl methyl sites for hydroxylation is 1. The zero-order chi connectivity index (χ0) is 15.3. The molecule has 0 radical (unpaired) electrons. The van der Waals surface area contributed by atoms with Gasteiger partial charge in [-0.25, -0.2) is 8.42 Å². The second kappa shape index (κ2) is 6.85. The van der Waals surface area contributed by atoms with Crippen LogP contribution in [0.1, 0.15) is 26.3 Å². The lowest BCUT2D eigenvalue weighted by Crippen LogP contribution is -2.46. The number of carbonyl (C=O) groups is 1. The van der Waals surface area contributed by atoms with E-state index >= 15 is 0 Å². The number of likely N-dealkylation sites (N-methyl/N-ethyl adjacent to an activating group) is 1. The fourth-order valence-corrected chi connectivity index (χ4v) is 3.07. The summed E-state index contributed by atoms with van der Waals surface area (Å²) in [7, 11) is -3.67. The number of nitrogens with one attached hydrogen (secondary N) is 1. The third-order valence-corrected chi connectivity index (χ3v) is 4.67. The number of carbonyl (C=O) groups excluding carboxylic acids is 1. The fraction of sp³-hybridized carbons (Fsp3) is 0.500. The van der Waals surface area contributed by atoms with E-state index in [0.29, 0.717) is 13.1 Å². The molecule has 6 heteroatoms. The van der Waals surface area contributed by atoms with Crippen molar-refractivity contribution >= 4 is 15.9 Å². The molecule has 0 aliphatic rings. The van der Waals surface area contributed by atoms with Gasteiger partial charge in [-0.3, -0.25) is 4.79 Å². The van der Waals surface area contributed by atoms with E-state index in [-0.39, 0.29) is 10.8 Å². The molecule has 0 bridgehead atoms. The van der Waals surface area contributed by atoms with Crippen LogP contribution in [0.4, 0.5) is 0 Å². The van der Waals surface area contributed by atoms with E-state index in [9.17, 15) is 13.2 Å². The maximum Gasteiger partial charge on any atom is 0.241 e. The third-order valence-electron chi connectivity index (χ3n) is 3.11. The predicted octanol–water partition coefficient (Wildman–Crippen LogP) is 1.53. The summed E-state index contributed by atoms with van der Waals surface area (Å²) in [5, 5.41) is 0. The topological polar surface area (TPSA) is 66.5 Å². The molecule has 5 nitrogen and oxygen atoms in total. The predicted molar refractivity (Wildman–Crippen MR) is 78.9 cm³/mol. The van der Waals surface area contributed by atoms with Gasteiger partial charge in [-0.15, -0.1) is 0 Å². The Bertz CT molecular complexity index is 548. The van der Waals surface area contributed by atoms with E-state index < -0.39 is 16.1 Å². The normalized spacial score (nSPS) is 13.0. The monoisotopic (exact) mass is 298 g/mol. The van der Waals surface area contributed by atoms with Gasteiger partial charge in [0.05, 0.1) is 10.9 Å². The van der Waals surface area contributed by atoms with Crippen molar-refractivity contribution in [3.63, 3.8) is 0 Å². The zero-order valence-corrected chi connectivity index (χ0v) is 13.2. The minimum absolute atomic E-state index is 0.169. The molecule has 1 N–H and O–H groups in total. The summed E-state index contributed by atoms with van der Waals surface area (Å²) in [6.07, 6.45) is 0. The second-order valence-corrected chi connectivity index (χ2v) is 6.38. The van der Waals surface area contributed by atoms with Crippen LogP contribution in [0.25, 0.3) is 0 Å². The van der Waals surface area contributed by atoms with Crippen LogP contribution in [-0.2, 0) is 14.8 Å². The van der Waals surface area contributed by atoms with Crippen LogP contribution in [0.5, 0.6) is 0 Å². The Balaban J connectivity index is 2.85. The van der Waals surface area contributed by atoms with Gasteiger partial charge in [0.1, 0.15) is 0 Å². The number of hydrogen-bond donors (Lipinski definition) is 1. The zero-order valence-electron chi connectivity index (χ0n) is 12.4. The molecule has 0 heterocycles. The molecular weight excluding hydrogens is 276 g/mol. The first-order valence-corrected chi connectivity index (χ1v) is 8.18. The molecule has 1 amide bonds. The van der Waals surface area contributed by atoms with Crippen molar-refractivity contribution in [2.75, 3.05) is 13.1 Å². The lowest BCUT2D eigenvalue weighted by molar-refractivity contribution is -0.132. The molecule has 112 valence electrons. The van der Waals surface area contributed by atoms with Gasteiger partial charge in [0, 0.05) is 13.1 Å². The molecule has 0 unspecified atom stereocenters. The van der Waals surface area contributed by atoms with Gasteiger partial charge >= 0.3 is 0 Å². The number of benzene rings is 1. The molecule has 0 aliphatic carbocycles. The first-order valence-electron chi connectivity index (χ1n) is 6.69. The van der Waals surface area contributed by atoms with Crippen molar-refractivity contribution < 1.29 is 13.2 Å². The highest BCUT2D eigenvalue weighted by molar-refractivity contribution is 7.89. The van der Waals surface area contributed by atoms with Crippen LogP contribution in [0.2, 0.25) is 0 Å². The largest absolute Gasteiger partial charge is 0.342 e. The number of rotatable bonds is 6. The van der Waals surface area contributed by atoms with Gasteiger partial charge in [-0.2, -0.15) is 4.72 Å². The first-order chi connectivity index (χ1) is 9.31. The molecule has 1 aromatic carbocycles. The van der Waals surface area contributed by atoms with Crippen molar-refractivity contribution in [1.82, 2.24) is 9.62 Å². The third kappa shape index (κ3) is 4.05. The van der Waals surface area contributed by atoms with Crippen LogP contribution in [0.15, 0.2) is 29.2 Å². The molecule has 1 rings (SSSR count). The van der Waals surface area contributed by atoms with Crippen LogP contribution < -0.4 is 4.72 Å². The van der Waals surface area contributed by atoms with E-state index in [0.717, 1.165) is 5.56 Å². The molecule has 20 heavy (non-hydrogen) atoms. The Morgan fingerprint density at radius 2 is 1.70 bits per heavy atom. The summed E-state index contributed by atoms with van der Waals surface area (Å²) in [6.45, 7) is 8.30. The van der Waals surface area contributed by atoms with Gasteiger partial charge in [0.2, 0.25) is 15.9 Å². The summed E-state index contributed by atoms with van der Waals surface area (Å²) < 4.78 is 26.8. The summed E-state index contributed by atoms with van der Waals surface area (Å²) >= 11 is 0. The van der Waals surface area contributed by atoms with Crippen LogP contribution in [-0.4, -0.2) is 38.4 Å². The average Bonchev–Trinajstić information content (AvgIpc) is 2.40. The Kier molecular flexibility index (Phi) is 5.71. The van der Waals surface area contributed by atoms with E-state index in [1.165, 1.54) is 12.1 Å². The summed E-state index contributed by atoms with van der Waals surface area (Å²) in [5.41, 5.74) is 0.983. The number of nitrogens with zero attached hydrogens (tertiary/aromatic N) is 1. The quantitative estimate of drug-likeness (QED) is 0.866. The molecule has 0 saturated carbocycles. The van der Waals surface area contributed by atoms with Gasteiger partial charge < -0.3 is 4.90 Å². The number of hydrogen-bond acceptors (Lipinski definition) is 3. The summed E-state index contributed by atoms with van der Waals surface area (Å²) in [6, 6.07) is 5.75. The number of amides is 1. The average molecular weight is 298 g/mol. The van der Waals surface area contributed by atoms with Crippen LogP contribution in [0.3, 0.4) is 0 Å². The molecular formula is C14H22N2O3S. The van der Waals surface area contributed by atoms with Gasteiger partial charge in [-0.1, -0.05) is 17.7 Å². The molecule has 0 fully saturated rings. The highest BCUT2D eigenvalue weighted by Crippen LogP contribution is 2.11. The van der Waals surface area contributed by atoms with Crippen LogP contribution in [0, 0.1) is 6.92 Å². The maximum atomic E-state index is 12.2. The van der Waals surface area contributed by atoms with Gasteiger partial charge in [0.15, 0.2) is 0 Å². The summed E-state index contributed by atoms with van der Waals surface area (Å²) in [4.78, 5) is 13.8. The molecule has 0 saturated heterocycles. The standard InChI is InChI=1S/C14H22N2O3S/c1-5-16(6-2)14(17)12(4)15-20(18,19)13-9-7-11(3)8-10-13/h7-10,12,15H,5-6H2,1-4H3/t12-/m1/s1. The molecule has 1 aromatic rings. The lowest BCUT2D eigenvalue weighted by Gasteiger charge is -2.23. The van der Waals surface area contributed by atoms with Crippen LogP contribution >= 0.6 is 0 Å². The van der Waals surface area contributed by atoms with Gasteiger partial charge in [0.25, 0.3) is 0 Å². The van der Waals surface area contributed by atoms with Crippen molar-refractivity contribution in [1.29, 1.82) is 0 Å². The van der Waals surface area contributed by atoms with E-state index in [1.54, 1.807) is 24.0 Å². The molecule has 0 aliphatic heterocycles. The fourth-order valence-electron chi connectivity index (χ4n) is 1.88. The lowest BCUT2D eigenvalue weighted by atomic mass is 10.2. The molecule has 0 spiro atoms. The molecule has 1 atom stereocenters. The Labute approximate surface area is 121 Å². The first kappa shape index (κ1) is 16.7. The highest BCUT2D eigenvalue weighted by Gasteiger charge is 2.24. The number of sulfonamides is 1. The SMILES string of the molecule is CCN(CC)C(=O)[C@@H](C)NS(=O)(=O)c1ccc(C)cc1. The highest BCUT2D eigenvalue weighted by atomic mass is 32.2. The van der Waals surface area contributed by atoms with Gasteiger partial charge in [-0.05, 0) is 39.8 Å². The van der Waals surface area contributed by atoms with Crippen molar-refractivity contribution in [3.05, 3.63) is 29.8 Å². The Morgan fingerprint density at radius 3 is 2.15 bits per heavy atom. The smallest absolute Gasteiger partial charge is 0.241 e. The van der Waals surface area contributed by atoms with E-state index in [2.05, 4.69) is 4.72 Å². The maximum absolute atomic E-state index is 12.2. The minimum Gasteiger partial charge on any atom is -0.342 e. The Hall–Kier alpha value is -1.40. The Morgan fingerprint density at radius 1 is 1.20 bits per heavy atom.